The third-order valence-corrected chi connectivity index (χ3v) is 6.80. The lowest BCUT2D eigenvalue weighted by molar-refractivity contribution is -0.121. The summed E-state index contributed by atoms with van der Waals surface area (Å²) in [6, 6.07) is 21.0. The van der Waals surface area contributed by atoms with Crippen molar-refractivity contribution in [3.63, 3.8) is 0 Å². The van der Waals surface area contributed by atoms with Gasteiger partial charge in [-0.25, -0.2) is 4.79 Å². The van der Waals surface area contributed by atoms with Crippen molar-refractivity contribution >= 4 is 23.3 Å². The van der Waals surface area contributed by atoms with Crippen molar-refractivity contribution in [2.45, 2.75) is 26.2 Å². The number of carbonyl (C=O) groups excluding carboxylic acids is 2. The molecule has 1 heterocycles. The minimum Gasteiger partial charge on any atom is -0.497 e. The van der Waals surface area contributed by atoms with Gasteiger partial charge in [-0.2, -0.15) is 0 Å². The average molecular weight is 488 g/mol. The fourth-order valence-electron chi connectivity index (χ4n) is 4.58. The highest BCUT2D eigenvalue weighted by molar-refractivity contribution is 5.95. The number of carbonyl (C=O) groups is 2. The average Bonchev–Trinajstić information content (AvgIpc) is 2.91. The molecule has 2 atom stereocenters. The molecule has 0 saturated carbocycles. The molecule has 7 heteroatoms. The highest BCUT2D eigenvalue weighted by atomic mass is 16.5. The van der Waals surface area contributed by atoms with E-state index in [0.717, 1.165) is 16.8 Å². The number of nitrogens with zero attached hydrogens (tertiary/aromatic N) is 1. The second kappa shape index (κ2) is 11.2. The first-order chi connectivity index (χ1) is 17.4. The number of ether oxygens (including phenoxy) is 2. The van der Waals surface area contributed by atoms with Gasteiger partial charge in [0.15, 0.2) is 0 Å². The maximum atomic E-state index is 13.4. The lowest BCUT2D eigenvalue weighted by atomic mass is 9.84. The summed E-state index contributed by atoms with van der Waals surface area (Å²) in [6.07, 6.45) is 0.641. The van der Waals surface area contributed by atoms with E-state index in [9.17, 15) is 9.59 Å². The predicted molar refractivity (Wildman–Crippen MR) is 142 cm³/mol. The van der Waals surface area contributed by atoms with Crippen LogP contribution in [0.15, 0.2) is 66.7 Å². The van der Waals surface area contributed by atoms with E-state index >= 15 is 0 Å². The molecular formula is C29H33N3O4. The molecule has 3 aromatic rings. The van der Waals surface area contributed by atoms with E-state index < -0.39 is 0 Å². The summed E-state index contributed by atoms with van der Waals surface area (Å²) >= 11 is 0. The fourth-order valence-corrected chi connectivity index (χ4v) is 4.58. The van der Waals surface area contributed by atoms with E-state index in [4.69, 9.17) is 9.47 Å². The minimum absolute atomic E-state index is 0.0407. The Balaban J connectivity index is 1.55. The van der Waals surface area contributed by atoms with Crippen LogP contribution in [0.25, 0.3) is 0 Å². The van der Waals surface area contributed by atoms with Crippen LogP contribution in [0, 0.1) is 19.8 Å². The number of likely N-dealkylation sites (tertiary alicyclic amines) is 1. The van der Waals surface area contributed by atoms with Crippen LogP contribution in [-0.4, -0.2) is 44.1 Å². The maximum Gasteiger partial charge on any atom is 0.321 e. The Labute approximate surface area is 212 Å². The van der Waals surface area contributed by atoms with Gasteiger partial charge in [-0.3, -0.25) is 4.79 Å². The Kier molecular flexibility index (Phi) is 7.78. The van der Waals surface area contributed by atoms with Gasteiger partial charge < -0.3 is 25.0 Å². The highest BCUT2D eigenvalue weighted by Crippen LogP contribution is 2.34. The van der Waals surface area contributed by atoms with Crippen molar-refractivity contribution in [1.29, 1.82) is 0 Å². The molecule has 3 aromatic carbocycles. The van der Waals surface area contributed by atoms with Gasteiger partial charge in [0.25, 0.3) is 0 Å². The number of rotatable bonds is 6. The van der Waals surface area contributed by atoms with E-state index in [1.54, 1.807) is 37.3 Å². The van der Waals surface area contributed by atoms with E-state index in [-0.39, 0.29) is 23.8 Å². The van der Waals surface area contributed by atoms with E-state index in [0.29, 0.717) is 36.7 Å². The van der Waals surface area contributed by atoms with Crippen molar-refractivity contribution in [2.75, 3.05) is 37.9 Å². The van der Waals surface area contributed by atoms with Crippen LogP contribution in [0.1, 0.15) is 29.0 Å². The molecule has 1 fully saturated rings. The first kappa shape index (κ1) is 25.1. The van der Waals surface area contributed by atoms with Crippen LogP contribution in [0.4, 0.5) is 16.2 Å². The maximum absolute atomic E-state index is 13.4. The normalized spacial score (nSPS) is 17.3. The van der Waals surface area contributed by atoms with Crippen LogP contribution < -0.4 is 20.1 Å². The van der Waals surface area contributed by atoms with Gasteiger partial charge >= 0.3 is 6.03 Å². The van der Waals surface area contributed by atoms with Gasteiger partial charge in [0.1, 0.15) is 11.5 Å². The van der Waals surface area contributed by atoms with Gasteiger partial charge in [-0.1, -0.05) is 36.4 Å². The Hall–Kier alpha value is -4.00. The Morgan fingerprint density at radius 2 is 1.64 bits per heavy atom. The number of anilines is 2. The third kappa shape index (κ3) is 5.79. The molecule has 4 rings (SSSR count). The van der Waals surface area contributed by atoms with Crippen LogP contribution in [-0.2, 0) is 4.79 Å². The summed E-state index contributed by atoms with van der Waals surface area (Å²) in [4.78, 5) is 28.4. The van der Waals surface area contributed by atoms with Crippen molar-refractivity contribution in [3.05, 3.63) is 83.4 Å². The topological polar surface area (TPSA) is 79.9 Å². The largest absolute Gasteiger partial charge is 0.497 e. The molecule has 36 heavy (non-hydrogen) atoms. The SMILES string of the molecule is COc1ccc(NC(=O)C2CC(c3ccccc3)CN(C(=O)Nc3ccc(C)c(C)c3)C2)c(OC)c1. The Morgan fingerprint density at radius 1 is 0.861 bits per heavy atom. The molecule has 0 aliphatic carbocycles. The molecule has 2 N–H and O–H groups in total. The molecule has 188 valence electrons. The monoisotopic (exact) mass is 487 g/mol. The number of hydrogen-bond acceptors (Lipinski definition) is 4. The zero-order chi connectivity index (χ0) is 25.7. The van der Waals surface area contributed by atoms with Crippen LogP contribution >= 0.6 is 0 Å². The minimum atomic E-state index is -0.388. The second-order valence-corrected chi connectivity index (χ2v) is 9.23. The number of nitrogens with one attached hydrogen (secondary N) is 2. The number of methoxy groups -OCH3 is 2. The summed E-state index contributed by atoms with van der Waals surface area (Å²) in [6.45, 7) is 4.92. The molecule has 1 saturated heterocycles. The summed E-state index contributed by atoms with van der Waals surface area (Å²) < 4.78 is 10.7. The van der Waals surface area contributed by atoms with Crippen molar-refractivity contribution in [2.24, 2.45) is 5.92 Å². The molecule has 1 aliphatic rings. The smallest absolute Gasteiger partial charge is 0.321 e. The number of hydrogen-bond donors (Lipinski definition) is 2. The zero-order valence-electron chi connectivity index (χ0n) is 21.2. The number of urea groups is 1. The number of benzene rings is 3. The standard InChI is InChI=1S/C29H33N3O4/c1-19-10-11-24(14-20(19)2)30-29(34)32-17-22(21-8-6-5-7-9-21)15-23(18-32)28(33)31-26-13-12-25(35-3)16-27(26)36-4/h5-14,16,22-23H,15,17-18H2,1-4H3,(H,30,34)(H,31,33). The first-order valence-electron chi connectivity index (χ1n) is 12.1. The first-order valence-corrected chi connectivity index (χ1v) is 12.1. The summed E-state index contributed by atoms with van der Waals surface area (Å²) in [5.41, 5.74) is 4.70. The second-order valence-electron chi connectivity index (χ2n) is 9.23. The summed E-state index contributed by atoms with van der Waals surface area (Å²) in [5.74, 6) is 0.659. The van der Waals surface area contributed by atoms with E-state index in [1.807, 2.05) is 50.2 Å². The van der Waals surface area contributed by atoms with Crippen molar-refractivity contribution in [1.82, 2.24) is 4.90 Å². The van der Waals surface area contributed by atoms with E-state index in [2.05, 4.69) is 22.8 Å². The molecule has 0 spiro atoms. The molecule has 0 aromatic heterocycles. The summed E-state index contributed by atoms with van der Waals surface area (Å²) in [5, 5.41) is 6.01. The van der Waals surface area contributed by atoms with Gasteiger partial charge in [0.2, 0.25) is 5.91 Å². The molecule has 0 radical (unpaired) electrons. The van der Waals surface area contributed by atoms with Crippen LogP contribution in [0.5, 0.6) is 11.5 Å². The lowest BCUT2D eigenvalue weighted by Gasteiger charge is -2.37. The number of piperidine rings is 1. The van der Waals surface area contributed by atoms with Crippen LogP contribution in [0.2, 0.25) is 0 Å². The number of aryl methyl sites for hydroxylation is 2. The highest BCUT2D eigenvalue weighted by Gasteiger charge is 2.35. The van der Waals surface area contributed by atoms with Crippen LogP contribution in [0.3, 0.4) is 0 Å². The molecule has 2 unspecified atom stereocenters. The lowest BCUT2D eigenvalue weighted by Crippen LogP contribution is -2.48. The van der Waals surface area contributed by atoms with Gasteiger partial charge in [0.05, 0.1) is 25.8 Å². The van der Waals surface area contributed by atoms with Crippen molar-refractivity contribution < 1.29 is 19.1 Å². The zero-order valence-corrected chi connectivity index (χ0v) is 21.2. The van der Waals surface area contributed by atoms with Crippen molar-refractivity contribution in [3.8, 4) is 11.5 Å². The molecular weight excluding hydrogens is 454 g/mol. The predicted octanol–water partition coefficient (Wildman–Crippen LogP) is 5.60. The Morgan fingerprint density at radius 3 is 2.33 bits per heavy atom. The molecule has 7 nitrogen and oxygen atoms in total. The van der Waals surface area contributed by atoms with Gasteiger partial charge in [0, 0.05) is 30.8 Å². The summed E-state index contributed by atoms with van der Waals surface area (Å²) in [7, 11) is 3.13. The quantitative estimate of drug-likeness (QED) is 0.475. The fraction of sp³-hybridized carbons (Fsp3) is 0.310. The molecule has 1 aliphatic heterocycles. The number of amides is 3. The van der Waals surface area contributed by atoms with E-state index in [1.165, 1.54) is 5.56 Å². The third-order valence-electron chi connectivity index (χ3n) is 6.80. The van der Waals surface area contributed by atoms with Gasteiger partial charge in [-0.05, 0) is 61.2 Å². The molecule has 0 bridgehead atoms. The molecule has 3 amide bonds. The van der Waals surface area contributed by atoms with Gasteiger partial charge in [-0.15, -0.1) is 0 Å². The Bertz CT molecular complexity index is 1230.